The molecule has 0 aromatic carbocycles. The Morgan fingerprint density at radius 3 is 2.20 bits per heavy atom. The topological polar surface area (TPSA) is 24.7 Å². The predicted molar refractivity (Wildman–Crippen MR) is 49.1 cm³/mol. The van der Waals surface area contributed by atoms with Crippen LogP contribution in [0.25, 0.3) is 0 Å². The lowest BCUT2D eigenvalue weighted by atomic mass is 10.4. The maximum atomic E-state index is 3.87. The Hall–Kier alpha value is -0.920. The zero-order valence-electron chi connectivity index (χ0n) is 7.26. The van der Waals surface area contributed by atoms with E-state index in [4.69, 9.17) is 0 Å². The lowest BCUT2D eigenvalue weighted by Gasteiger charge is -1.80. The van der Waals surface area contributed by atoms with Crippen LogP contribution in [0.5, 0.6) is 0 Å². The number of aliphatic imine (C=N–C) groups is 2. The fourth-order valence-electron chi connectivity index (χ4n) is 0.202. The maximum absolute atomic E-state index is 3.87. The highest BCUT2D eigenvalue weighted by Gasteiger charge is 1.72. The van der Waals surface area contributed by atoms with E-state index < -0.39 is 0 Å². The van der Waals surface area contributed by atoms with Crippen LogP contribution in [0.2, 0.25) is 0 Å². The molecule has 0 amide bonds. The number of hydrogen-bond acceptors (Lipinski definition) is 1. The molecule has 0 atom stereocenters. The van der Waals surface area contributed by atoms with E-state index >= 15 is 0 Å². The van der Waals surface area contributed by atoms with E-state index in [9.17, 15) is 0 Å². The van der Waals surface area contributed by atoms with E-state index in [0.29, 0.717) is 0 Å². The van der Waals surface area contributed by atoms with Gasteiger partial charge >= 0.3 is 0 Å². The summed E-state index contributed by atoms with van der Waals surface area (Å²) in [6, 6.07) is 0. The number of nitrogens with zero attached hydrogens (tertiary/aromatic N) is 2. The van der Waals surface area contributed by atoms with Gasteiger partial charge in [-0.1, -0.05) is 20.4 Å². The second kappa shape index (κ2) is 11.0. The molecule has 0 saturated heterocycles. The molecule has 10 heavy (non-hydrogen) atoms. The maximum Gasteiger partial charge on any atom is 0.109 e. The number of rotatable bonds is 2. The molecule has 0 aromatic rings. The predicted octanol–water partition coefficient (Wildman–Crippen LogP) is 2.32. The van der Waals surface area contributed by atoms with E-state index in [1.165, 1.54) is 6.34 Å². The first-order valence-electron chi connectivity index (χ1n) is 3.38. The van der Waals surface area contributed by atoms with Crippen molar-refractivity contribution in [1.82, 2.24) is 0 Å². The molecule has 0 fully saturated rings. The van der Waals surface area contributed by atoms with Crippen LogP contribution in [0.3, 0.4) is 0 Å². The molecule has 0 N–H and O–H groups in total. The largest absolute Gasteiger partial charge is 0.277 e. The molecule has 0 spiro atoms. The third-order valence-electron chi connectivity index (χ3n) is 0.672. The molecule has 0 aliphatic carbocycles. The van der Waals surface area contributed by atoms with Crippen molar-refractivity contribution in [3.8, 4) is 0 Å². The van der Waals surface area contributed by atoms with Gasteiger partial charge < -0.3 is 0 Å². The van der Waals surface area contributed by atoms with Crippen LogP contribution in [0.15, 0.2) is 22.6 Å². The van der Waals surface area contributed by atoms with Crippen LogP contribution < -0.4 is 0 Å². The van der Waals surface area contributed by atoms with Gasteiger partial charge in [-0.05, 0) is 13.0 Å². The van der Waals surface area contributed by atoms with Crippen molar-refractivity contribution in [2.75, 3.05) is 7.05 Å². The van der Waals surface area contributed by atoms with Crippen molar-refractivity contribution in [2.45, 2.75) is 20.8 Å². The minimum atomic E-state index is 0.885. The fourth-order valence-corrected chi connectivity index (χ4v) is 0.202. The van der Waals surface area contributed by atoms with Gasteiger partial charge in [-0.2, -0.15) is 0 Å². The SMILES string of the molecule is C=CC(C)=NC=NC.CC. The zero-order chi connectivity index (χ0) is 8.41. The summed E-state index contributed by atoms with van der Waals surface area (Å²) in [6.45, 7) is 9.39. The Bertz CT molecular complexity index is 123. The Morgan fingerprint density at radius 1 is 1.40 bits per heavy atom. The van der Waals surface area contributed by atoms with Crippen LogP contribution in [0.4, 0.5) is 0 Å². The van der Waals surface area contributed by atoms with Gasteiger partial charge in [0, 0.05) is 12.8 Å². The lowest BCUT2D eigenvalue weighted by Crippen LogP contribution is -1.81. The quantitative estimate of drug-likeness (QED) is 0.415. The van der Waals surface area contributed by atoms with Gasteiger partial charge in [-0.25, -0.2) is 4.99 Å². The summed E-state index contributed by atoms with van der Waals surface area (Å²) >= 11 is 0. The lowest BCUT2D eigenvalue weighted by molar-refractivity contribution is 1.44. The summed E-state index contributed by atoms with van der Waals surface area (Å²) in [5.41, 5.74) is 0.885. The molecule has 0 bridgehead atoms. The van der Waals surface area contributed by atoms with E-state index in [1.807, 2.05) is 20.8 Å². The van der Waals surface area contributed by atoms with Crippen molar-refractivity contribution in [3.63, 3.8) is 0 Å². The molecular formula is C8H16N2. The van der Waals surface area contributed by atoms with Gasteiger partial charge in [0.25, 0.3) is 0 Å². The Morgan fingerprint density at radius 2 is 1.90 bits per heavy atom. The molecule has 0 aliphatic rings. The van der Waals surface area contributed by atoms with E-state index in [2.05, 4.69) is 16.6 Å². The monoisotopic (exact) mass is 140 g/mol. The minimum Gasteiger partial charge on any atom is -0.277 e. The summed E-state index contributed by atoms with van der Waals surface area (Å²) < 4.78 is 0. The fraction of sp³-hybridized carbons (Fsp3) is 0.500. The third kappa shape index (κ3) is 10.1. The smallest absolute Gasteiger partial charge is 0.109 e. The molecule has 0 aromatic heterocycles. The van der Waals surface area contributed by atoms with E-state index in [0.717, 1.165) is 5.71 Å². The average molecular weight is 140 g/mol. The standard InChI is InChI=1S/C6H10N2.C2H6/c1-4-6(2)8-5-7-3;1-2/h4-5H,1H2,2-3H3;1-2H3. The molecule has 58 valence electrons. The van der Waals surface area contributed by atoms with Crippen molar-refractivity contribution in [3.05, 3.63) is 12.7 Å². The Balaban J connectivity index is 0. The Kier molecular flexibility index (Phi) is 13.0. The molecule has 0 rings (SSSR count). The highest BCUT2D eigenvalue weighted by molar-refractivity contribution is 5.96. The second-order valence-electron chi connectivity index (χ2n) is 1.35. The van der Waals surface area contributed by atoms with E-state index in [-0.39, 0.29) is 0 Å². The first-order valence-corrected chi connectivity index (χ1v) is 3.38. The van der Waals surface area contributed by atoms with Crippen molar-refractivity contribution < 1.29 is 0 Å². The highest BCUT2D eigenvalue weighted by Crippen LogP contribution is 1.73. The first-order chi connectivity index (χ1) is 4.81. The minimum absolute atomic E-state index is 0.885. The van der Waals surface area contributed by atoms with Crippen LogP contribution >= 0.6 is 0 Å². The second-order valence-corrected chi connectivity index (χ2v) is 1.35. The molecule has 0 aliphatic heterocycles. The van der Waals surface area contributed by atoms with Gasteiger partial charge in [-0.15, -0.1) is 0 Å². The molecule has 2 heteroatoms. The molecule has 0 heterocycles. The normalized spacial score (nSPS) is 10.6. The highest BCUT2D eigenvalue weighted by atomic mass is 14.8. The zero-order valence-corrected chi connectivity index (χ0v) is 7.26. The number of allylic oxidation sites excluding steroid dienone is 1. The molecular weight excluding hydrogens is 124 g/mol. The van der Waals surface area contributed by atoms with Crippen LogP contribution in [0.1, 0.15) is 20.8 Å². The summed E-state index contributed by atoms with van der Waals surface area (Å²) in [6.07, 6.45) is 3.18. The molecule has 0 radical (unpaired) electrons. The molecule has 0 saturated carbocycles. The van der Waals surface area contributed by atoms with Gasteiger partial charge in [-0.3, -0.25) is 4.99 Å². The van der Waals surface area contributed by atoms with Crippen molar-refractivity contribution in [2.24, 2.45) is 9.98 Å². The van der Waals surface area contributed by atoms with Crippen molar-refractivity contribution in [1.29, 1.82) is 0 Å². The molecule has 0 unspecified atom stereocenters. The van der Waals surface area contributed by atoms with Crippen molar-refractivity contribution >= 4 is 12.1 Å². The van der Waals surface area contributed by atoms with Gasteiger partial charge in [0.2, 0.25) is 0 Å². The summed E-state index contributed by atoms with van der Waals surface area (Å²) in [5, 5.41) is 0. The number of hydrogen-bond donors (Lipinski definition) is 0. The van der Waals surface area contributed by atoms with E-state index in [1.54, 1.807) is 13.1 Å². The van der Waals surface area contributed by atoms with Crippen LogP contribution in [0, 0.1) is 0 Å². The third-order valence-corrected chi connectivity index (χ3v) is 0.672. The first kappa shape index (κ1) is 11.8. The Labute approximate surface area is 63.4 Å². The van der Waals surface area contributed by atoms with Gasteiger partial charge in [0.1, 0.15) is 6.34 Å². The summed E-state index contributed by atoms with van der Waals surface area (Å²) in [7, 11) is 1.68. The molecule has 2 nitrogen and oxygen atoms in total. The summed E-state index contributed by atoms with van der Waals surface area (Å²) in [5.74, 6) is 0. The van der Waals surface area contributed by atoms with Crippen LogP contribution in [-0.4, -0.2) is 19.1 Å². The average Bonchev–Trinajstić information content (AvgIpc) is 2.04. The van der Waals surface area contributed by atoms with Gasteiger partial charge in [0.05, 0.1) is 0 Å². The van der Waals surface area contributed by atoms with Gasteiger partial charge in [0.15, 0.2) is 0 Å². The summed E-state index contributed by atoms with van der Waals surface area (Å²) in [4.78, 5) is 7.53. The van der Waals surface area contributed by atoms with Crippen LogP contribution in [-0.2, 0) is 0 Å².